The van der Waals surface area contributed by atoms with Gasteiger partial charge >= 0.3 is 0 Å². The van der Waals surface area contributed by atoms with Crippen molar-refractivity contribution in [1.29, 1.82) is 0 Å². The molecule has 1 aromatic carbocycles. The monoisotopic (exact) mass is 310 g/mol. The maximum Gasteiger partial charge on any atom is 0.279 e. The summed E-state index contributed by atoms with van der Waals surface area (Å²) in [4.78, 5) is 0. The van der Waals surface area contributed by atoms with E-state index in [2.05, 4.69) is 16.6 Å². The van der Waals surface area contributed by atoms with Crippen LogP contribution in [0, 0.1) is 11.8 Å². The summed E-state index contributed by atoms with van der Waals surface area (Å²) in [7, 11) is -1.92. The second-order valence-corrected chi connectivity index (χ2v) is 6.82. The molecule has 0 heterocycles. The SMILES string of the molecule is CC(C)NS(=O)(=O)N(C)Cc1ccc(C#CCCO)cc1. The van der Waals surface area contributed by atoms with Gasteiger partial charge in [0.25, 0.3) is 10.2 Å². The fourth-order valence-corrected chi connectivity index (χ4v) is 2.74. The first-order valence-corrected chi connectivity index (χ1v) is 8.21. The molecule has 0 aliphatic carbocycles. The standard InChI is InChI=1S/C15H22N2O3S/c1-13(2)16-21(19,20)17(3)12-15-9-7-14(8-10-15)6-4-5-11-18/h7-10,13,16,18H,5,11-12H2,1-3H3. The van der Waals surface area contributed by atoms with E-state index in [1.54, 1.807) is 20.9 Å². The van der Waals surface area contributed by atoms with Gasteiger partial charge in [-0.3, -0.25) is 0 Å². The van der Waals surface area contributed by atoms with Crippen molar-refractivity contribution in [2.75, 3.05) is 13.7 Å². The van der Waals surface area contributed by atoms with Crippen molar-refractivity contribution in [3.8, 4) is 11.8 Å². The van der Waals surface area contributed by atoms with Crippen LogP contribution in [0.4, 0.5) is 0 Å². The maximum atomic E-state index is 12.0. The Kier molecular flexibility index (Phi) is 6.85. The first kappa shape index (κ1) is 17.7. The normalized spacial score (nSPS) is 11.5. The van der Waals surface area contributed by atoms with Crippen LogP contribution in [-0.2, 0) is 16.8 Å². The van der Waals surface area contributed by atoms with E-state index in [0.717, 1.165) is 11.1 Å². The lowest BCUT2D eigenvalue weighted by Gasteiger charge is -2.19. The number of nitrogens with zero attached hydrogens (tertiary/aromatic N) is 1. The van der Waals surface area contributed by atoms with E-state index >= 15 is 0 Å². The third kappa shape index (κ3) is 6.27. The van der Waals surface area contributed by atoms with Gasteiger partial charge in [-0.15, -0.1) is 0 Å². The van der Waals surface area contributed by atoms with Crippen LogP contribution in [-0.4, -0.2) is 37.5 Å². The van der Waals surface area contributed by atoms with Crippen LogP contribution in [0.2, 0.25) is 0 Å². The molecular weight excluding hydrogens is 288 g/mol. The van der Waals surface area contributed by atoms with Crippen molar-refractivity contribution in [2.24, 2.45) is 0 Å². The fourth-order valence-electron chi connectivity index (χ4n) is 1.64. The Bertz CT molecular complexity index is 598. The number of hydrogen-bond acceptors (Lipinski definition) is 3. The van der Waals surface area contributed by atoms with E-state index in [-0.39, 0.29) is 12.6 Å². The zero-order valence-corrected chi connectivity index (χ0v) is 13.4. The number of rotatable bonds is 6. The van der Waals surface area contributed by atoms with E-state index < -0.39 is 10.2 Å². The van der Waals surface area contributed by atoms with Gasteiger partial charge in [0.15, 0.2) is 0 Å². The molecule has 116 valence electrons. The van der Waals surface area contributed by atoms with Gasteiger partial charge in [-0.2, -0.15) is 17.4 Å². The maximum absolute atomic E-state index is 12.0. The molecule has 0 spiro atoms. The minimum atomic E-state index is -3.46. The topological polar surface area (TPSA) is 69.6 Å². The summed E-state index contributed by atoms with van der Waals surface area (Å²) in [5.41, 5.74) is 1.73. The molecule has 0 aliphatic heterocycles. The van der Waals surface area contributed by atoms with Gasteiger partial charge in [0.1, 0.15) is 0 Å². The quantitative estimate of drug-likeness (QED) is 0.773. The van der Waals surface area contributed by atoms with Crippen LogP contribution in [0.25, 0.3) is 0 Å². The van der Waals surface area contributed by atoms with Gasteiger partial charge in [0, 0.05) is 31.6 Å². The highest BCUT2D eigenvalue weighted by Gasteiger charge is 2.18. The molecule has 5 nitrogen and oxygen atoms in total. The van der Waals surface area contributed by atoms with Gasteiger partial charge in [-0.25, -0.2) is 0 Å². The average Bonchev–Trinajstić information content (AvgIpc) is 2.39. The van der Waals surface area contributed by atoms with E-state index in [9.17, 15) is 8.42 Å². The highest BCUT2D eigenvalue weighted by atomic mass is 32.2. The Labute approximate surface area is 127 Å². The molecule has 0 atom stereocenters. The third-order valence-electron chi connectivity index (χ3n) is 2.62. The predicted molar refractivity (Wildman–Crippen MR) is 83.7 cm³/mol. The summed E-state index contributed by atoms with van der Waals surface area (Å²) in [5, 5.41) is 8.66. The van der Waals surface area contributed by atoms with Gasteiger partial charge in [0.05, 0.1) is 6.61 Å². The van der Waals surface area contributed by atoms with E-state index in [4.69, 9.17) is 5.11 Å². The number of hydrogen-bond donors (Lipinski definition) is 2. The van der Waals surface area contributed by atoms with Crippen LogP contribution < -0.4 is 4.72 Å². The smallest absolute Gasteiger partial charge is 0.279 e. The highest BCUT2D eigenvalue weighted by Crippen LogP contribution is 2.08. The molecule has 0 saturated carbocycles. The first-order chi connectivity index (χ1) is 9.85. The van der Waals surface area contributed by atoms with Crippen molar-refractivity contribution in [3.63, 3.8) is 0 Å². The zero-order chi connectivity index (χ0) is 15.9. The predicted octanol–water partition coefficient (Wildman–Crippen LogP) is 1.10. The lowest BCUT2D eigenvalue weighted by Crippen LogP contribution is -2.41. The largest absolute Gasteiger partial charge is 0.395 e. The molecule has 2 N–H and O–H groups in total. The minimum Gasteiger partial charge on any atom is -0.395 e. The minimum absolute atomic E-state index is 0.0522. The van der Waals surface area contributed by atoms with Crippen molar-refractivity contribution in [2.45, 2.75) is 32.9 Å². The summed E-state index contributed by atoms with van der Waals surface area (Å²) in [6.07, 6.45) is 0.448. The molecule has 0 radical (unpaired) electrons. The van der Waals surface area contributed by atoms with Gasteiger partial charge in [-0.05, 0) is 31.5 Å². The molecule has 0 fully saturated rings. The lowest BCUT2D eigenvalue weighted by atomic mass is 10.1. The van der Waals surface area contributed by atoms with Crippen molar-refractivity contribution < 1.29 is 13.5 Å². The number of aliphatic hydroxyl groups excluding tert-OH is 1. The Balaban J connectivity index is 2.70. The number of aliphatic hydroxyl groups is 1. The van der Waals surface area contributed by atoms with Crippen LogP contribution >= 0.6 is 0 Å². The molecule has 0 unspecified atom stereocenters. The van der Waals surface area contributed by atoms with Crippen molar-refractivity contribution >= 4 is 10.2 Å². The molecule has 0 amide bonds. The Hall–Kier alpha value is -1.39. The second-order valence-electron chi connectivity index (χ2n) is 5.01. The highest BCUT2D eigenvalue weighted by molar-refractivity contribution is 7.87. The summed E-state index contributed by atoms with van der Waals surface area (Å²) >= 11 is 0. The fraction of sp³-hybridized carbons (Fsp3) is 0.467. The van der Waals surface area contributed by atoms with Crippen molar-refractivity contribution in [1.82, 2.24) is 9.03 Å². The molecular formula is C15H22N2O3S. The number of nitrogens with one attached hydrogen (secondary N) is 1. The third-order valence-corrected chi connectivity index (χ3v) is 4.34. The molecule has 0 aromatic heterocycles. The second kappa shape index (κ2) is 8.15. The van der Waals surface area contributed by atoms with Gasteiger partial charge < -0.3 is 5.11 Å². The molecule has 0 bridgehead atoms. The Morgan fingerprint density at radius 3 is 2.43 bits per heavy atom. The van der Waals surface area contributed by atoms with E-state index in [1.165, 1.54) is 4.31 Å². The Morgan fingerprint density at radius 1 is 1.29 bits per heavy atom. The average molecular weight is 310 g/mol. The molecule has 6 heteroatoms. The lowest BCUT2D eigenvalue weighted by molar-refractivity contribution is 0.305. The van der Waals surface area contributed by atoms with Gasteiger partial charge in [0.2, 0.25) is 0 Å². The molecule has 0 aliphatic rings. The zero-order valence-electron chi connectivity index (χ0n) is 12.6. The first-order valence-electron chi connectivity index (χ1n) is 6.77. The van der Waals surface area contributed by atoms with Crippen LogP contribution in [0.3, 0.4) is 0 Å². The molecule has 21 heavy (non-hydrogen) atoms. The summed E-state index contributed by atoms with van der Waals surface area (Å²) in [6, 6.07) is 7.25. The molecule has 1 rings (SSSR count). The summed E-state index contributed by atoms with van der Waals surface area (Å²) in [6.45, 7) is 3.92. The van der Waals surface area contributed by atoms with Crippen LogP contribution in [0.5, 0.6) is 0 Å². The van der Waals surface area contributed by atoms with E-state index in [0.29, 0.717) is 13.0 Å². The summed E-state index contributed by atoms with van der Waals surface area (Å²) in [5.74, 6) is 5.77. The molecule has 0 saturated heterocycles. The number of benzene rings is 1. The van der Waals surface area contributed by atoms with Crippen LogP contribution in [0.1, 0.15) is 31.4 Å². The Morgan fingerprint density at radius 2 is 1.90 bits per heavy atom. The molecule has 1 aromatic rings. The summed E-state index contributed by atoms with van der Waals surface area (Å²) < 4.78 is 27.7. The van der Waals surface area contributed by atoms with Crippen molar-refractivity contribution in [3.05, 3.63) is 35.4 Å². The van der Waals surface area contributed by atoms with Crippen LogP contribution in [0.15, 0.2) is 24.3 Å². The van der Waals surface area contributed by atoms with E-state index in [1.807, 2.05) is 24.3 Å². The van der Waals surface area contributed by atoms with Gasteiger partial charge in [-0.1, -0.05) is 24.0 Å².